The van der Waals surface area contributed by atoms with Crippen LogP contribution in [0, 0.1) is 11.8 Å². The molecule has 0 aliphatic heterocycles. The summed E-state index contributed by atoms with van der Waals surface area (Å²) in [6, 6.07) is 0. The number of hydrogen-bond acceptors (Lipinski definition) is 2. The first-order chi connectivity index (χ1) is 4.18. The van der Waals surface area contributed by atoms with Crippen LogP contribution in [-0.4, -0.2) is 13.6 Å². The molecule has 0 radical (unpaired) electrons. The summed E-state index contributed by atoms with van der Waals surface area (Å²) in [5.74, 6) is 1.38. The Bertz CT molecular complexity index is 86.9. The summed E-state index contributed by atoms with van der Waals surface area (Å²) in [6.45, 7) is 7.47. The van der Waals surface area contributed by atoms with E-state index in [1.54, 1.807) is 7.05 Å². The Hall–Kier alpha value is -0.400. The van der Waals surface area contributed by atoms with Crippen LogP contribution in [0.5, 0.6) is 0 Å². The van der Waals surface area contributed by atoms with Crippen molar-refractivity contribution in [1.29, 1.82) is 0 Å². The Kier molecular flexibility index (Phi) is 4.28. The topological polar surface area (TPSA) is 24.7 Å². The van der Waals surface area contributed by atoms with Gasteiger partial charge in [-0.25, -0.2) is 0 Å². The highest BCUT2D eigenvalue weighted by Crippen LogP contribution is 2.08. The lowest BCUT2D eigenvalue weighted by molar-refractivity contribution is 0.424. The van der Waals surface area contributed by atoms with Crippen molar-refractivity contribution in [2.45, 2.75) is 20.8 Å². The fourth-order valence-electron chi connectivity index (χ4n) is 0.421. The van der Waals surface area contributed by atoms with Crippen LogP contribution in [0.3, 0.4) is 0 Å². The molecule has 0 heterocycles. The van der Waals surface area contributed by atoms with Crippen LogP contribution in [0.2, 0.25) is 0 Å². The molecule has 2 heteroatoms. The SMILES string of the molecule is CN=NCC(C)C(C)C. The molecule has 1 atom stereocenters. The summed E-state index contributed by atoms with van der Waals surface area (Å²) in [6.07, 6.45) is 0. The summed E-state index contributed by atoms with van der Waals surface area (Å²) in [5, 5.41) is 7.60. The number of hydrogen-bond donors (Lipinski definition) is 0. The molecule has 1 unspecified atom stereocenters. The Labute approximate surface area is 57.4 Å². The van der Waals surface area contributed by atoms with Crippen molar-refractivity contribution in [1.82, 2.24) is 0 Å². The molecule has 0 saturated heterocycles. The molecule has 0 spiro atoms. The lowest BCUT2D eigenvalue weighted by atomic mass is 9.99. The highest BCUT2D eigenvalue weighted by atomic mass is 15.1. The predicted octanol–water partition coefficient (Wildman–Crippen LogP) is 2.36. The second-order valence-electron chi connectivity index (χ2n) is 2.75. The normalized spacial score (nSPS) is 15.2. The van der Waals surface area contributed by atoms with Crippen LogP contribution in [0.4, 0.5) is 0 Å². The number of nitrogens with zero attached hydrogens (tertiary/aromatic N) is 2. The molecule has 54 valence electrons. The van der Waals surface area contributed by atoms with Gasteiger partial charge in [0.05, 0.1) is 6.54 Å². The van der Waals surface area contributed by atoms with Gasteiger partial charge >= 0.3 is 0 Å². The Morgan fingerprint density at radius 1 is 1.22 bits per heavy atom. The Morgan fingerprint density at radius 3 is 2.11 bits per heavy atom. The summed E-state index contributed by atoms with van der Waals surface area (Å²) < 4.78 is 0. The minimum atomic E-state index is 0.661. The molecular formula is C7H16N2. The highest BCUT2D eigenvalue weighted by Gasteiger charge is 2.04. The van der Waals surface area contributed by atoms with Gasteiger partial charge in [0.1, 0.15) is 0 Å². The van der Waals surface area contributed by atoms with E-state index in [9.17, 15) is 0 Å². The molecule has 0 rings (SSSR count). The molecular weight excluding hydrogens is 112 g/mol. The van der Waals surface area contributed by atoms with E-state index in [0.717, 1.165) is 12.5 Å². The summed E-state index contributed by atoms with van der Waals surface area (Å²) >= 11 is 0. The van der Waals surface area contributed by atoms with E-state index >= 15 is 0 Å². The van der Waals surface area contributed by atoms with Crippen molar-refractivity contribution in [3.8, 4) is 0 Å². The second-order valence-corrected chi connectivity index (χ2v) is 2.75. The van der Waals surface area contributed by atoms with Gasteiger partial charge in [0, 0.05) is 7.05 Å². The van der Waals surface area contributed by atoms with E-state index in [4.69, 9.17) is 0 Å². The maximum atomic E-state index is 3.92. The lowest BCUT2D eigenvalue weighted by Gasteiger charge is -2.10. The van der Waals surface area contributed by atoms with E-state index in [2.05, 4.69) is 31.0 Å². The quantitative estimate of drug-likeness (QED) is 0.521. The van der Waals surface area contributed by atoms with Crippen LogP contribution < -0.4 is 0 Å². The fourth-order valence-corrected chi connectivity index (χ4v) is 0.421. The van der Waals surface area contributed by atoms with Crippen molar-refractivity contribution < 1.29 is 0 Å². The average Bonchev–Trinajstić information content (AvgIpc) is 1.82. The van der Waals surface area contributed by atoms with Crippen LogP contribution in [-0.2, 0) is 0 Å². The van der Waals surface area contributed by atoms with Gasteiger partial charge in [-0.2, -0.15) is 10.2 Å². The second kappa shape index (κ2) is 4.48. The smallest absolute Gasteiger partial charge is 0.0626 e. The van der Waals surface area contributed by atoms with Crippen LogP contribution in [0.1, 0.15) is 20.8 Å². The molecule has 0 N–H and O–H groups in total. The third kappa shape index (κ3) is 4.13. The van der Waals surface area contributed by atoms with Gasteiger partial charge in [0.25, 0.3) is 0 Å². The zero-order valence-electron chi connectivity index (χ0n) is 6.76. The first-order valence-corrected chi connectivity index (χ1v) is 3.44. The largest absolute Gasteiger partial charge is 0.198 e. The standard InChI is InChI=1S/C7H16N2/c1-6(2)7(3)5-9-8-4/h6-7H,5H2,1-4H3. The van der Waals surface area contributed by atoms with E-state index in [-0.39, 0.29) is 0 Å². The van der Waals surface area contributed by atoms with Crippen LogP contribution >= 0.6 is 0 Å². The van der Waals surface area contributed by atoms with Gasteiger partial charge in [0.15, 0.2) is 0 Å². The first kappa shape index (κ1) is 8.60. The van der Waals surface area contributed by atoms with E-state index < -0.39 is 0 Å². The van der Waals surface area contributed by atoms with E-state index in [0.29, 0.717) is 5.92 Å². The van der Waals surface area contributed by atoms with Gasteiger partial charge in [-0.3, -0.25) is 0 Å². The highest BCUT2D eigenvalue weighted by molar-refractivity contribution is 4.57. The van der Waals surface area contributed by atoms with Gasteiger partial charge < -0.3 is 0 Å². The third-order valence-corrected chi connectivity index (χ3v) is 1.65. The molecule has 0 aromatic heterocycles. The Balaban J connectivity index is 3.38. The van der Waals surface area contributed by atoms with Crippen LogP contribution in [0.25, 0.3) is 0 Å². The van der Waals surface area contributed by atoms with Crippen molar-refractivity contribution >= 4 is 0 Å². The molecule has 0 aliphatic carbocycles. The lowest BCUT2D eigenvalue weighted by Crippen LogP contribution is -2.06. The maximum absolute atomic E-state index is 3.92. The molecule has 0 bridgehead atoms. The molecule has 0 saturated carbocycles. The summed E-state index contributed by atoms with van der Waals surface area (Å²) in [7, 11) is 1.72. The Morgan fingerprint density at radius 2 is 1.78 bits per heavy atom. The van der Waals surface area contributed by atoms with Crippen molar-refractivity contribution in [2.24, 2.45) is 22.1 Å². The molecule has 2 nitrogen and oxygen atoms in total. The monoisotopic (exact) mass is 128 g/mol. The summed E-state index contributed by atoms with van der Waals surface area (Å²) in [4.78, 5) is 0. The predicted molar refractivity (Wildman–Crippen MR) is 39.6 cm³/mol. The van der Waals surface area contributed by atoms with E-state index in [1.807, 2.05) is 0 Å². The minimum absolute atomic E-state index is 0.661. The van der Waals surface area contributed by atoms with Gasteiger partial charge in [-0.15, -0.1) is 0 Å². The number of azo groups is 1. The van der Waals surface area contributed by atoms with Gasteiger partial charge in [-0.1, -0.05) is 20.8 Å². The molecule has 0 aromatic rings. The zero-order chi connectivity index (χ0) is 7.28. The summed E-state index contributed by atoms with van der Waals surface area (Å²) in [5.41, 5.74) is 0. The van der Waals surface area contributed by atoms with Crippen LogP contribution in [0.15, 0.2) is 10.2 Å². The maximum Gasteiger partial charge on any atom is 0.0626 e. The average molecular weight is 128 g/mol. The molecule has 9 heavy (non-hydrogen) atoms. The fraction of sp³-hybridized carbons (Fsp3) is 1.00. The van der Waals surface area contributed by atoms with Crippen molar-refractivity contribution in [3.05, 3.63) is 0 Å². The molecule has 0 fully saturated rings. The van der Waals surface area contributed by atoms with Gasteiger partial charge in [-0.05, 0) is 11.8 Å². The molecule has 0 aliphatic rings. The zero-order valence-corrected chi connectivity index (χ0v) is 6.76. The van der Waals surface area contributed by atoms with Crippen molar-refractivity contribution in [3.63, 3.8) is 0 Å². The van der Waals surface area contributed by atoms with Crippen molar-refractivity contribution in [2.75, 3.05) is 13.6 Å². The molecule has 0 aromatic carbocycles. The number of rotatable bonds is 3. The third-order valence-electron chi connectivity index (χ3n) is 1.65. The minimum Gasteiger partial charge on any atom is -0.198 e. The first-order valence-electron chi connectivity index (χ1n) is 3.44. The molecule has 0 amide bonds. The van der Waals surface area contributed by atoms with Gasteiger partial charge in [0.2, 0.25) is 0 Å². The van der Waals surface area contributed by atoms with E-state index in [1.165, 1.54) is 0 Å².